The fourth-order valence-corrected chi connectivity index (χ4v) is 3.19. The number of aromatic hydroxyl groups is 1. The van der Waals surface area contributed by atoms with E-state index in [4.69, 9.17) is 10.5 Å². The third-order valence-electron chi connectivity index (χ3n) is 4.40. The van der Waals surface area contributed by atoms with Crippen LogP contribution in [-0.2, 0) is 4.79 Å². The first-order chi connectivity index (χ1) is 12.6. The fraction of sp³-hybridized carbons (Fsp3) is 0.0500. The number of amides is 1. The van der Waals surface area contributed by atoms with Gasteiger partial charge >= 0.3 is 0 Å². The van der Waals surface area contributed by atoms with Crippen molar-refractivity contribution in [3.63, 3.8) is 0 Å². The topological polar surface area (TPSA) is 100 Å². The molecule has 0 saturated carbocycles. The molecule has 0 fully saturated rings. The van der Waals surface area contributed by atoms with Gasteiger partial charge in [-0.25, -0.2) is 0 Å². The Morgan fingerprint density at radius 1 is 1.08 bits per heavy atom. The van der Waals surface area contributed by atoms with Crippen LogP contribution in [0.2, 0.25) is 0 Å². The number of H-pyrrole nitrogens is 1. The van der Waals surface area contributed by atoms with Crippen molar-refractivity contribution in [2.45, 2.75) is 0 Å². The second-order valence-corrected chi connectivity index (χ2v) is 5.97. The number of carbonyl (C=O) groups excluding carboxylic acids is 1. The van der Waals surface area contributed by atoms with E-state index in [1.165, 1.54) is 0 Å². The van der Waals surface area contributed by atoms with Gasteiger partial charge < -0.3 is 25.9 Å². The first kappa shape index (κ1) is 15.8. The third kappa shape index (κ3) is 2.48. The molecule has 0 unspecified atom stereocenters. The van der Waals surface area contributed by atoms with E-state index in [1.807, 2.05) is 0 Å². The summed E-state index contributed by atoms with van der Waals surface area (Å²) in [6, 6.07) is 12.1. The van der Waals surface area contributed by atoms with Crippen LogP contribution in [0.1, 0.15) is 11.3 Å². The van der Waals surface area contributed by atoms with E-state index in [0.29, 0.717) is 28.4 Å². The number of aromatic amines is 1. The Hall–Kier alpha value is -3.67. The summed E-state index contributed by atoms with van der Waals surface area (Å²) in [7, 11) is 1.58. The number of phenols is 1. The minimum atomic E-state index is -0.206. The van der Waals surface area contributed by atoms with Crippen LogP contribution in [0.25, 0.3) is 22.8 Å². The van der Waals surface area contributed by atoms with E-state index < -0.39 is 0 Å². The molecule has 3 aromatic rings. The van der Waals surface area contributed by atoms with Gasteiger partial charge in [-0.15, -0.1) is 0 Å². The van der Waals surface area contributed by atoms with Gasteiger partial charge in [0.05, 0.1) is 18.4 Å². The zero-order chi connectivity index (χ0) is 18.3. The lowest BCUT2D eigenvalue weighted by molar-refractivity contribution is -0.110. The van der Waals surface area contributed by atoms with E-state index in [0.717, 1.165) is 16.7 Å². The van der Waals surface area contributed by atoms with Crippen LogP contribution in [0.15, 0.2) is 48.7 Å². The molecule has 0 radical (unpaired) electrons. The van der Waals surface area contributed by atoms with Gasteiger partial charge in [-0.2, -0.15) is 0 Å². The lowest BCUT2D eigenvalue weighted by atomic mass is 9.93. The third-order valence-corrected chi connectivity index (χ3v) is 4.40. The van der Waals surface area contributed by atoms with E-state index in [-0.39, 0.29) is 11.7 Å². The number of fused-ring (bicyclic) bond motifs is 1. The van der Waals surface area contributed by atoms with Crippen molar-refractivity contribution in [1.29, 1.82) is 0 Å². The molecular weight excluding hydrogens is 330 g/mol. The molecule has 2 heterocycles. The van der Waals surface area contributed by atoms with Gasteiger partial charge in [-0.05, 0) is 42.0 Å². The zero-order valence-electron chi connectivity index (χ0n) is 14.0. The van der Waals surface area contributed by atoms with Gasteiger partial charge in [0.2, 0.25) is 0 Å². The minimum Gasteiger partial charge on any atom is -0.508 e. The molecular formula is C20H17N3O3. The maximum Gasteiger partial charge on any atom is 0.256 e. The molecule has 5 N–H and O–H groups in total. The summed E-state index contributed by atoms with van der Waals surface area (Å²) in [5.74, 6) is 0.608. The van der Waals surface area contributed by atoms with E-state index in [1.54, 1.807) is 61.8 Å². The van der Waals surface area contributed by atoms with Crippen LogP contribution in [0.4, 0.5) is 11.4 Å². The van der Waals surface area contributed by atoms with Crippen molar-refractivity contribution in [2.24, 2.45) is 0 Å². The molecule has 0 atom stereocenters. The summed E-state index contributed by atoms with van der Waals surface area (Å²) in [6.45, 7) is 0. The standard InChI is InChI=1S/C20H17N3O3/c1-26-17-8-9-22-16(17)10-13-19-15(23-20(13)25)7-6-14(21)18(19)11-2-4-12(24)5-3-11/h2-10,22,24H,21H2,1H3,(H,23,25). The average Bonchev–Trinajstić information content (AvgIpc) is 3.21. The molecule has 130 valence electrons. The Morgan fingerprint density at radius 3 is 2.58 bits per heavy atom. The van der Waals surface area contributed by atoms with Gasteiger partial charge in [0.25, 0.3) is 5.91 Å². The molecule has 0 spiro atoms. The first-order valence-corrected chi connectivity index (χ1v) is 8.05. The number of ether oxygens (including phenoxy) is 1. The summed E-state index contributed by atoms with van der Waals surface area (Å²) in [4.78, 5) is 15.7. The molecule has 0 bridgehead atoms. The molecule has 1 aromatic heterocycles. The van der Waals surface area contributed by atoms with Crippen molar-refractivity contribution >= 4 is 28.9 Å². The first-order valence-electron chi connectivity index (χ1n) is 8.05. The van der Waals surface area contributed by atoms with Gasteiger partial charge in [0, 0.05) is 28.7 Å². The number of benzene rings is 2. The Morgan fingerprint density at radius 2 is 1.85 bits per heavy atom. The second kappa shape index (κ2) is 6.00. The normalized spacial score (nSPS) is 14.3. The zero-order valence-corrected chi connectivity index (χ0v) is 14.0. The van der Waals surface area contributed by atoms with Crippen molar-refractivity contribution in [3.8, 4) is 22.6 Å². The predicted octanol–water partition coefficient (Wildman–Crippen LogP) is 3.47. The number of nitrogens with one attached hydrogen (secondary N) is 2. The Bertz CT molecular complexity index is 1030. The van der Waals surface area contributed by atoms with Crippen molar-refractivity contribution < 1.29 is 14.6 Å². The predicted molar refractivity (Wildman–Crippen MR) is 102 cm³/mol. The smallest absolute Gasteiger partial charge is 0.256 e. The fourth-order valence-electron chi connectivity index (χ4n) is 3.19. The molecule has 6 nitrogen and oxygen atoms in total. The van der Waals surface area contributed by atoms with E-state index in [9.17, 15) is 9.90 Å². The number of methoxy groups -OCH3 is 1. The Balaban J connectivity index is 1.94. The molecule has 0 saturated heterocycles. The lowest BCUT2D eigenvalue weighted by Gasteiger charge is -2.12. The molecule has 0 aliphatic carbocycles. The average molecular weight is 347 g/mol. The number of carbonyl (C=O) groups is 1. The molecule has 1 aliphatic heterocycles. The molecule has 6 heteroatoms. The number of nitrogen functional groups attached to an aromatic ring is 1. The minimum absolute atomic E-state index is 0.168. The number of anilines is 2. The quantitative estimate of drug-likeness (QED) is 0.430. The van der Waals surface area contributed by atoms with Crippen LogP contribution in [0, 0.1) is 0 Å². The highest BCUT2D eigenvalue weighted by Crippen LogP contribution is 2.44. The van der Waals surface area contributed by atoms with Crippen LogP contribution in [0.3, 0.4) is 0 Å². The largest absolute Gasteiger partial charge is 0.508 e. The van der Waals surface area contributed by atoms with Crippen molar-refractivity contribution in [3.05, 3.63) is 59.9 Å². The highest BCUT2D eigenvalue weighted by molar-refractivity contribution is 6.36. The van der Waals surface area contributed by atoms with Crippen LogP contribution < -0.4 is 15.8 Å². The monoisotopic (exact) mass is 347 g/mol. The second-order valence-electron chi connectivity index (χ2n) is 5.97. The van der Waals surface area contributed by atoms with Crippen LogP contribution >= 0.6 is 0 Å². The van der Waals surface area contributed by atoms with Gasteiger partial charge in [-0.3, -0.25) is 4.79 Å². The highest BCUT2D eigenvalue weighted by atomic mass is 16.5. The molecule has 1 aliphatic rings. The van der Waals surface area contributed by atoms with E-state index >= 15 is 0 Å². The number of hydrogen-bond acceptors (Lipinski definition) is 4. The maximum absolute atomic E-state index is 12.6. The SMILES string of the molecule is COc1cc[nH]c1C=C1C(=O)Nc2ccc(N)c(-c3ccc(O)cc3)c21. The van der Waals surface area contributed by atoms with Crippen LogP contribution in [-0.4, -0.2) is 23.1 Å². The Labute approximate surface area is 149 Å². The maximum atomic E-state index is 12.6. The number of hydrogen-bond donors (Lipinski definition) is 4. The van der Waals surface area contributed by atoms with Gasteiger partial charge in [0.15, 0.2) is 0 Å². The molecule has 2 aromatic carbocycles. The van der Waals surface area contributed by atoms with Gasteiger partial charge in [-0.1, -0.05) is 12.1 Å². The molecule has 1 amide bonds. The van der Waals surface area contributed by atoms with E-state index in [2.05, 4.69) is 10.3 Å². The summed E-state index contributed by atoms with van der Waals surface area (Å²) in [5, 5.41) is 12.4. The molecule has 26 heavy (non-hydrogen) atoms. The van der Waals surface area contributed by atoms with Crippen molar-refractivity contribution in [2.75, 3.05) is 18.2 Å². The number of aromatic nitrogens is 1. The summed E-state index contributed by atoms with van der Waals surface area (Å²) in [5.41, 5.74) is 11.0. The highest BCUT2D eigenvalue weighted by Gasteiger charge is 2.29. The Kier molecular flexibility index (Phi) is 3.65. The van der Waals surface area contributed by atoms with Gasteiger partial charge in [0.1, 0.15) is 11.5 Å². The lowest BCUT2D eigenvalue weighted by Crippen LogP contribution is -2.03. The van der Waals surface area contributed by atoms with Crippen LogP contribution in [0.5, 0.6) is 11.5 Å². The molecule has 4 rings (SSSR count). The number of rotatable bonds is 3. The summed E-state index contributed by atoms with van der Waals surface area (Å²) >= 11 is 0. The summed E-state index contributed by atoms with van der Waals surface area (Å²) < 4.78 is 5.31. The number of nitrogens with two attached hydrogens (primary N) is 1. The number of phenolic OH excluding ortho intramolecular Hbond substituents is 1. The summed E-state index contributed by atoms with van der Waals surface area (Å²) in [6.07, 6.45) is 3.50. The van der Waals surface area contributed by atoms with Crippen molar-refractivity contribution in [1.82, 2.24) is 4.98 Å².